The molecule has 13 heavy (non-hydrogen) atoms. The maximum absolute atomic E-state index is 12.5. The van der Waals surface area contributed by atoms with Gasteiger partial charge in [-0.25, -0.2) is 8.78 Å². The summed E-state index contributed by atoms with van der Waals surface area (Å²) in [5.41, 5.74) is -0.592. The lowest BCUT2D eigenvalue weighted by molar-refractivity contribution is 0.145. The average Bonchev–Trinajstić information content (AvgIpc) is 2.01. The quantitative estimate of drug-likeness (QED) is 0.702. The fourth-order valence-corrected chi connectivity index (χ4v) is 1.08. The van der Waals surface area contributed by atoms with Gasteiger partial charge in [0, 0.05) is 6.07 Å². The molecule has 0 aliphatic heterocycles. The van der Waals surface area contributed by atoms with Crippen LogP contribution in [0.4, 0.5) is 13.2 Å². The van der Waals surface area contributed by atoms with Crippen LogP contribution in [-0.4, -0.2) is 12.1 Å². The zero-order chi connectivity index (χ0) is 10.0. The zero-order valence-corrected chi connectivity index (χ0v) is 7.28. The predicted octanol–water partition coefficient (Wildman–Crippen LogP) is 2.82. The first kappa shape index (κ1) is 10.1. The third-order valence-corrected chi connectivity index (χ3v) is 1.67. The molecule has 6 heteroatoms. The van der Waals surface area contributed by atoms with E-state index in [1.165, 1.54) is 0 Å². The molecule has 0 saturated heterocycles. The van der Waals surface area contributed by atoms with E-state index in [0.717, 1.165) is 7.11 Å². The van der Waals surface area contributed by atoms with Crippen LogP contribution >= 0.6 is 11.6 Å². The standard InChI is InChI=1S/C7H5ClF3NO/c1-13-7-5(6(10)11)3(8)2-4(9)12-7/h2,6H,1H3. The molecular formula is C7H5ClF3NO. The molecule has 1 heterocycles. The van der Waals surface area contributed by atoms with Gasteiger partial charge in [-0.15, -0.1) is 0 Å². The number of nitrogens with zero attached hydrogens (tertiary/aromatic N) is 1. The Morgan fingerprint density at radius 3 is 2.62 bits per heavy atom. The van der Waals surface area contributed by atoms with E-state index in [0.29, 0.717) is 6.07 Å². The van der Waals surface area contributed by atoms with Crippen molar-refractivity contribution in [3.05, 3.63) is 22.6 Å². The molecule has 0 aliphatic carbocycles. The molecule has 0 aliphatic rings. The van der Waals surface area contributed by atoms with Crippen LogP contribution in [0.15, 0.2) is 6.07 Å². The van der Waals surface area contributed by atoms with Gasteiger partial charge in [0.15, 0.2) is 0 Å². The second-order valence-corrected chi connectivity index (χ2v) is 2.56. The van der Waals surface area contributed by atoms with Crippen molar-refractivity contribution in [2.24, 2.45) is 0 Å². The molecule has 2 nitrogen and oxygen atoms in total. The Bertz CT molecular complexity index is 319. The van der Waals surface area contributed by atoms with Crippen LogP contribution in [-0.2, 0) is 0 Å². The van der Waals surface area contributed by atoms with Gasteiger partial charge >= 0.3 is 0 Å². The largest absolute Gasteiger partial charge is 0.481 e. The van der Waals surface area contributed by atoms with Crippen molar-refractivity contribution in [3.8, 4) is 5.88 Å². The summed E-state index contributed by atoms with van der Waals surface area (Å²) < 4.78 is 41.6. The third-order valence-electron chi connectivity index (χ3n) is 1.35. The van der Waals surface area contributed by atoms with E-state index in [1.54, 1.807) is 0 Å². The van der Waals surface area contributed by atoms with Crippen molar-refractivity contribution in [2.45, 2.75) is 6.43 Å². The maximum Gasteiger partial charge on any atom is 0.270 e. The predicted molar refractivity (Wildman–Crippen MR) is 40.7 cm³/mol. The molecule has 0 N–H and O–H groups in total. The number of ether oxygens (including phenoxy) is 1. The molecule has 1 aromatic heterocycles. The highest BCUT2D eigenvalue weighted by atomic mass is 35.5. The van der Waals surface area contributed by atoms with Crippen LogP contribution in [0.3, 0.4) is 0 Å². The number of alkyl halides is 2. The van der Waals surface area contributed by atoms with Crippen molar-refractivity contribution in [1.29, 1.82) is 0 Å². The summed E-state index contributed by atoms with van der Waals surface area (Å²) in [4.78, 5) is 3.12. The molecule has 0 fully saturated rings. The Kier molecular flexibility index (Phi) is 2.98. The smallest absolute Gasteiger partial charge is 0.270 e. The van der Waals surface area contributed by atoms with Gasteiger partial charge in [-0.2, -0.15) is 9.37 Å². The van der Waals surface area contributed by atoms with E-state index in [9.17, 15) is 13.2 Å². The second-order valence-electron chi connectivity index (χ2n) is 2.15. The molecule has 72 valence electrons. The zero-order valence-electron chi connectivity index (χ0n) is 6.52. The van der Waals surface area contributed by atoms with E-state index in [4.69, 9.17) is 11.6 Å². The van der Waals surface area contributed by atoms with Gasteiger partial charge in [0.05, 0.1) is 17.7 Å². The summed E-state index contributed by atoms with van der Waals surface area (Å²) in [7, 11) is 1.12. The Hall–Kier alpha value is -0.970. The first-order valence-electron chi connectivity index (χ1n) is 3.24. The fraction of sp³-hybridized carbons (Fsp3) is 0.286. The topological polar surface area (TPSA) is 22.1 Å². The van der Waals surface area contributed by atoms with Crippen LogP contribution < -0.4 is 4.74 Å². The van der Waals surface area contributed by atoms with Crippen LogP contribution in [0.5, 0.6) is 5.88 Å². The van der Waals surface area contributed by atoms with E-state index in [1.807, 2.05) is 0 Å². The van der Waals surface area contributed by atoms with Crippen LogP contribution in [0, 0.1) is 5.95 Å². The molecule has 1 aromatic rings. The number of aromatic nitrogens is 1. The van der Waals surface area contributed by atoms with Crippen LogP contribution in [0.2, 0.25) is 5.02 Å². The highest BCUT2D eigenvalue weighted by molar-refractivity contribution is 6.31. The normalized spacial score (nSPS) is 10.6. The lowest BCUT2D eigenvalue weighted by Gasteiger charge is -2.07. The molecule has 0 atom stereocenters. The molecule has 0 unspecified atom stereocenters. The molecule has 0 spiro atoms. The first-order chi connectivity index (χ1) is 6.06. The molecule has 0 saturated carbocycles. The number of pyridine rings is 1. The molecule has 0 amide bonds. The Balaban J connectivity index is 3.30. The van der Waals surface area contributed by atoms with Crippen molar-refractivity contribution < 1.29 is 17.9 Å². The van der Waals surface area contributed by atoms with E-state index in [-0.39, 0.29) is 5.02 Å². The van der Waals surface area contributed by atoms with Crippen molar-refractivity contribution in [2.75, 3.05) is 7.11 Å². The minimum absolute atomic E-state index is 0.389. The SMILES string of the molecule is COc1nc(F)cc(Cl)c1C(F)F. The number of hydrogen-bond acceptors (Lipinski definition) is 2. The molecular weight excluding hydrogens is 207 g/mol. The lowest BCUT2D eigenvalue weighted by Crippen LogP contribution is -1.98. The number of halogens is 4. The van der Waals surface area contributed by atoms with Crippen molar-refractivity contribution >= 4 is 11.6 Å². The Labute approximate surface area is 77.3 Å². The fourth-order valence-electron chi connectivity index (χ4n) is 0.827. The number of hydrogen-bond donors (Lipinski definition) is 0. The average molecular weight is 212 g/mol. The number of rotatable bonds is 2. The van der Waals surface area contributed by atoms with Gasteiger partial charge in [-0.3, -0.25) is 0 Å². The second kappa shape index (κ2) is 3.83. The molecule has 1 rings (SSSR count). The first-order valence-corrected chi connectivity index (χ1v) is 3.62. The van der Waals surface area contributed by atoms with Gasteiger partial charge in [-0.05, 0) is 0 Å². The summed E-state index contributed by atoms with van der Waals surface area (Å²) in [6.45, 7) is 0. The van der Waals surface area contributed by atoms with Gasteiger partial charge < -0.3 is 4.74 Å². The molecule has 0 radical (unpaired) electrons. The highest BCUT2D eigenvalue weighted by Gasteiger charge is 2.20. The number of methoxy groups -OCH3 is 1. The minimum Gasteiger partial charge on any atom is -0.481 e. The van der Waals surface area contributed by atoms with E-state index >= 15 is 0 Å². The third kappa shape index (κ3) is 2.03. The summed E-state index contributed by atoms with van der Waals surface area (Å²) in [5, 5.41) is -0.389. The lowest BCUT2D eigenvalue weighted by atomic mass is 10.3. The summed E-state index contributed by atoms with van der Waals surface area (Å²) in [5.74, 6) is -1.44. The summed E-state index contributed by atoms with van der Waals surface area (Å²) in [6, 6.07) is 0.714. The van der Waals surface area contributed by atoms with Gasteiger partial charge in [0.2, 0.25) is 11.8 Å². The maximum atomic E-state index is 12.5. The minimum atomic E-state index is -2.84. The Morgan fingerprint density at radius 2 is 2.15 bits per heavy atom. The van der Waals surface area contributed by atoms with Crippen molar-refractivity contribution in [1.82, 2.24) is 4.98 Å². The monoisotopic (exact) mass is 211 g/mol. The summed E-state index contributed by atoms with van der Waals surface area (Å²) in [6.07, 6.45) is -2.84. The highest BCUT2D eigenvalue weighted by Crippen LogP contribution is 2.33. The van der Waals surface area contributed by atoms with Crippen molar-refractivity contribution in [3.63, 3.8) is 0 Å². The molecule has 0 aromatic carbocycles. The van der Waals surface area contributed by atoms with Gasteiger partial charge in [0.25, 0.3) is 6.43 Å². The van der Waals surface area contributed by atoms with Gasteiger partial charge in [-0.1, -0.05) is 11.6 Å². The molecule has 0 bridgehead atoms. The van der Waals surface area contributed by atoms with E-state index in [2.05, 4.69) is 9.72 Å². The van der Waals surface area contributed by atoms with E-state index < -0.39 is 23.8 Å². The van der Waals surface area contributed by atoms with Crippen LogP contribution in [0.25, 0.3) is 0 Å². The summed E-state index contributed by atoms with van der Waals surface area (Å²) >= 11 is 5.37. The van der Waals surface area contributed by atoms with Gasteiger partial charge in [0.1, 0.15) is 0 Å². The van der Waals surface area contributed by atoms with Crippen LogP contribution in [0.1, 0.15) is 12.0 Å². The Morgan fingerprint density at radius 1 is 1.54 bits per heavy atom.